The molecule has 0 radical (unpaired) electrons. The summed E-state index contributed by atoms with van der Waals surface area (Å²) in [7, 11) is -0.655. The van der Waals surface area contributed by atoms with Crippen molar-refractivity contribution in [2.75, 3.05) is 23.4 Å². The van der Waals surface area contributed by atoms with Crippen LogP contribution in [0.15, 0.2) is 5.38 Å². The molecule has 0 bridgehead atoms. The first-order chi connectivity index (χ1) is 9.93. The van der Waals surface area contributed by atoms with Crippen LogP contribution in [0.4, 0.5) is 5.13 Å². The average Bonchev–Trinajstić information content (AvgIpc) is 2.91. The normalized spacial score (nSPS) is 22.8. The van der Waals surface area contributed by atoms with Gasteiger partial charge in [-0.25, -0.2) is 4.98 Å². The van der Waals surface area contributed by atoms with E-state index in [1.54, 1.807) is 6.92 Å². The Kier molecular flexibility index (Phi) is 5.37. The van der Waals surface area contributed by atoms with E-state index >= 15 is 0 Å². The smallest absolute Gasteiger partial charge is 0.317 e. The van der Waals surface area contributed by atoms with E-state index in [-0.39, 0.29) is 5.97 Å². The number of aromatic nitrogens is 1. The fourth-order valence-electron chi connectivity index (χ4n) is 2.16. The minimum atomic E-state index is -0.736. The molecule has 0 aliphatic carbocycles. The van der Waals surface area contributed by atoms with Crippen LogP contribution in [-0.2, 0) is 25.7 Å². The summed E-state index contributed by atoms with van der Waals surface area (Å²) in [5.41, 5.74) is -0.00614. The molecule has 0 atom stereocenters. The molecule has 1 aliphatic rings. The summed E-state index contributed by atoms with van der Waals surface area (Å²) in [6.45, 7) is 5.83. The number of carbonyl (C=O) groups excluding carboxylic acids is 1. The van der Waals surface area contributed by atoms with E-state index in [2.05, 4.69) is 10.3 Å². The summed E-state index contributed by atoms with van der Waals surface area (Å²) < 4.78 is 16.5. The number of hydrogen-bond donors (Lipinski definition) is 1. The number of thiazole rings is 1. The Morgan fingerprint density at radius 1 is 1.52 bits per heavy atom. The van der Waals surface area contributed by atoms with Gasteiger partial charge < -0.3 is 10.1 Å². The lowest BCUT2D eigenvalue weighted by atomic mass is 9.90. The molecule has 1 aromatic rings. The monoisotopic (exact) mass is 330 g/mol. The van der Waals surface area contributed by atoms with E-state index in [1.807, 2.05) is 19.2 Å². The topological polar surface area (TPSA) is 68.3 Å². The molecule has 2 heterocycles. The second-order valence-corrected chi connectivity index (χ2v) is 8.20. The number of rotatable bonds is 5. The lowest BCUT2D eigenvalue weighted by Crippen LogP contribution is -2.32. The van der Waals surface area contributed by atoms with Gasteiger partial charge in [0.2, 0.25) is 0 Å². The minimum Gasteiger partial charge on any atom is -0.465 e. The first kappa shape index (κ1) is 16.4. The van der Waals surface area contributed by atoms with Gasteiger partial charge in [0.25, 0.3) is 0 Å². The third-order valence-electron chi connectivity index (χ3n) is 3.65. The highest BCUT2D eigenvalue weighted by Gasteiger charge is 2.34. The highest BCUT2D eigenvalue weighted by atomic mass is 32.2. The van der Waals surface area contributed by atoms with E-state index < -0.39 is 16.2 Å². The Morgan fingerprint density at radius 2 is 2.19 bits per heavy atom. The minimum absolute atomic E-state index is 0.255. The maximum atomic E-state index is 12.0. The van der Waals surface area contributed by atoms with E-state index in [9.17, 15) is 9.00 Å². The molecule has 21 heavy (non-hydrogen) atoms. The highest BCUT2D eigenvalue weighted by molar-refractivity contribution is 7.85. The number of hydrogen-bond acceptors (Lipinski definition) is 6. The van der Waals surface area contributed by atoms with Gasteiger partial charge in [0.15, 0.2) is 5.13 Å². The van der Waals surface area contributed by atoms with Crippen LogP contribution in [-0.4, -0.2) is 39.3 Å². The molecule has 0 amide bonds. The summed E-state index contributed by atoms with van der Waals surface area (Å²) >= 11 is 1.50. The van der Waals surface area contributed by atoms with Crippen molar-refractivity contribution in [1.29, 1.82) is 0 Å². The second-order valence-electron chi connectivity index (χ2n) is 5.65. The Bertz CT molecular complexity index is 518. The van der Waals surface area contributed by atoms with Crippen LogP contribution in [0.5, 0.6) is 0 Å². The molecule has 1 aromatic heterocycles. The van der Waals surface area contributed by atoms with Crippen LogP contribution in [0.1, 0.15) is 39.3 Å². The third-order valence-corrected chi connectivity index (χ3v) is 5.80. The molecular formula is C14H22N2O3S2. The van der Waals surface area contributed by atoms with Crippen LogP contribution in [0, 0.1) is 0 Å². The number of esters is 1. The van der Waals surface area contributed by atoms with Gasteiger partial charge in [-0.15, -0.1) is 11.3 Å². The number of anilines is 1. The Labute approximate surface area is 131 Å². The Hall–Kier alpha value is -0.950. The van der Waals surface area contributed by atoms with Crippen LogP contribution in [0.3, 0.4) is 0 Å². The number of nitrogens with one attached hydrogen (secondary N) is 1. The van der Waals surface area contributed by atoms with Gasteiger partial charge in [-0.05, 0) is 33.6 Å². The van der Waals surface area contributed by atoms with Crippen molar-refractivity contribution in [2.24, 2.45) is 0 Å². The highest BCUT2D eigenvalue weighted by Crippen LogP contribution is 2.29. The van der Waals surface area contributed by atoms with E-state index in [1.165, 1.54) is 11.3 Å². The largest absolute Gasteiger partial charge is 0.465 e. The molecular weight excluding hydrogens is 308 g/mol. The molecule has 0 unspecified atom stereocenters. The maximum absolute atomic E-state index is 12.0. The number of ether oxygens (including phenoxy) is 1. The van der Waals surface area contributed by atoms with Gasteiger partial charge in [-0.3, -0.25) is 9.00 Å². The van der Waals surface area contributed by atoms with Crippen LogP contribution >= 0.6 is 11.3 Å². The number of nitrogens with zero attached hydrogens (tertiary/aromatic N) is 1. The standard InChI is InChI=1S/C14H22N2O3S2/c1-4-19-12(17)14(2,3)11-9-20-13(16-11)15-10-5-7-21(18)8-6-10/h9-10H,4-8H2,1-3H3,(H,15,16). The zero-order valence-electron chi connectivity index (χ0n) is 12.7. The van der Waals surface area contributed by atoms with Crippen LogP contribution in [0.2, 0.25) is 0 Å². The summed E-state index contributed by atoms with van der Waals surface area (Å²) in [6, 6.07) is 0.326. The fourth-order valence-corrected chi connectivity index (χ4v) is 4.41. The van der Waals surface area contributed by atoms with Crippen molar-refractivity contribution in [1.82, 2.24) is 4.98 Å². The Balaban J connectivity index is 2.00. The van der Waals surface area contributed by atoms with Crippen LogP contribution in [0.25, 0.3) is 0 Å². The lowest BCUT2D eigenvalue weighted by Gasteiger charge is -2.22. The van der Waals surface area contributed by atoms with Gasteiger partial charge in [0, 0.05) is 33.7 Å². The van der Waals surface area contributed by atoms with Crippen molar-refractivity contribution in [3.63, 3.8) is 0 Å². The zero-order chi connectivity index (χ0) is 15.5. The quantitative estimate of drug-likeness (QED) is 0.839. The fraction of sp³-hybridized carbons (Fsp3) is 0.714. The van der Waals surface area contributed by atoms with Crippen molar-refractivity contribution >= 4 is 33.2 Å². The van der Waals surface area contributed by atoms with E-state index in [4.69, 9.17) is 4.74 Å². The molecule has 2 rings (SSSR count). The molecule has 0 spiro atoms. The van der Waals surface area contributed by atoms with Gasteiger partial charge >= 0.3 is 5.97 Å². The molecule has 1 fully saturated rings. The summed E-state index contributed by atoms with van der Waals surface area (Å²) in [5.74, 6) is 1.25. The lowest BCUT2D eigenvalue weighted by molar-refractivity contribution is -0.148. The molecule has 1 saturated heterocycles. The molecule has 1 N–H and O–H groups in total. The molecule has 7 heteroatoms. The Morgan fingerprint density at radius 3 is 2.81 bits per heavy atom. The second kappa shape index (κ2) is 6.87. The van der Waals surface area contributed by atoms with Gasteiger partial charge in [-0.2, -0.15) is 0 Å². The van der Waals surface area contributed by atoms with Crippen molar-refractivity contribution in [3.8, 4) is 0 Å². The molecule has 0 aromatic carbocycles. The summed E-state index contributed by atoms with van der Waals surface area (Å²) in [6.07, 6.45) is 1.81. The zero-order valence-corrected chi connectivity index (χ0v) is 14.3. The molecule has 1 aliphatic heterocycles. The third kappa shape index (κ3) is 4.03. The SMILES string of the molecule is CCOC(=O)C(C)(C)c1csc(NC2CCS(=O)CC2)n1. The summed E-state index contributed by atoms with van der Waals surface area (Å²) in [5, 5.41) is 6.11. The van der Waals surface area contributed by atoms with Crippen molar-refractivity contribution in [2.45, 2.75) is 45.1 Å². The predicted molar refractivity (Wildman–Crippen MR) is 86.3 cm³/mol. The average molecular weight is 330 g/mol. The number of carbonyl (C=O) groups is 1. The molecule has 5 nitrogen and oxygen atoms in total. The van der Waals surface area contributed by atoms with Gasteiger partial charge in [0.1, 0.15) is 5.41 Å². The van der Waals surface area contributed by atoms with E-state index in [0.29, 0.717) is 12.6 Å². The molecule has 118 valence electrons. The van der Waals surface area contributed by atoms with E-state index in [0.717, 1.165) is 35.2 Å². The van der Waals surface area contributed by atoms with Gasteiger partial charge in [-0.1, -0.05) is 0 Å². The maximum Gasteiger partial charge on any atom is 0.317 e. The van der Waals surface area contributed by atoms with Crippen molar-refractivity contribution < 1.29 is 13.7 Å². The van der Waals surface area contributed by atoms with Crippen molar-refractivity contribution in [3.05, 3.63) is 11.1 Å². The van der Waals surface area contributed by atoms with Gasteiger partial charge in [0.05, 0.1) is 12.3 Å². The molecule has 0 saturated carbocycles. The first-order valence-corrected chi connectivity index (χ1v) is 9.55. The van der Waals surface area contributed by atoms with Crippen LogP contribution < -0.4 is 5.32 Å². The summed E-state index contributed by atoms with van der Waals surface area (Å²) in [4.78, 5) is 16.5. The first-order valence-electron chi connectivity index (χ1n) is 7.18. The predicted octanol–water partition coefficient (Wildman–Crippen LogP) is 2.31.